The number of esters is 1. The Morgan fingerprint density at radius 2 is 1.94 bits per heavy atom. The molecule has 0 saturated heterocycles. The van der Waals surface area contributed by atoms with E-state index in [1.807, 2.05) is 0 Å². The van der Waals surface area contributed by atoms with E-state index in [9.17, 15) is 14.4 Å². The first-order valence-electron chi connectivity index (χ1n) is 5.23. The number of pyridine rings is 1. The van der Waals surface area contributed by atoms with Crippen LogP contribution in [-0.2, 0) is 4.74 Å². The van der Waals surface area contributed by atoms with Gasteiger partial charge in [-0.2, -0.15) is 0 Å². The van der Waals surface area contributed by atoms with Crippen LogP contribution >= 0.6 is 0 Å². The number of aromatic nitrogens is 1. The summed E-state index contributed by atoms with van der Waals surface area (Å²) in [4.78, 5) is 37.2. The number of carbonyl (C=O) groups excluding carboxylic acids is 3. The Morgan fingerprint density at radius 1 is 1.33 bits per heavy atom. The van der Waals surface area contributed by atoms with Crippen molar-refractivity contribution in [2.45, 2.75) is 26.4 Å². The molecule has 18 heavy (non-hydrogen) atoms. The highest BCUT2D eigenvalue weighted by Gasteiger charge is 2.20. The first kappa shape index (κ1) is 13.8. The number of nitrogens with two attached hydrogens (primary N) is 1. The van der Waals surface area contributed by atoms with Crippen LogP contribution in [0.15, 0.2) is 12.1 Å². The standard InChI is InChI=1S/C12H14N2O4/c1-12(2,3)18-11(17)7-4-8(6-15)14-9(5-7)10(13)16/h4-6H,1-3H3,(H2,13,16). The average Bonchev–Trinajstić information content (AvgIpc) is 2.26. The van der Waals surface area contributed by atoms with Crippen LogP contribution in [0, 0.1) is 0 Å². The number of primary amides is 1. The van der Waals surface area contributed by atoms with Crippen molar-refractivity contribution in [2.75, 3.05) is 0 Å². The van der Waals surface area contributed by atoms with Gasteiger partial charge in [0, 0.05) is 0 Å². The van der Waals surface area contributed by atoms with Gasteiger partial charge < -0.3 is 10.5 Å². The highest BCUT2D eigenvalue weighted by molar-refractivity contribution is 5.97. The van der Waals surface area contributed by atoms with Gasteiger partial charge in [0.1, 0.15) is 17.0 Å². The second-order valence-electron chi connectivity index (χ2n) is 4.65. The third-order valence-electron chi connectivity index (χ3n) is 1.85. The molecule has 0 fully saturated rings. The molecule has 0 aliphatic rings. The number of amides is 1. The van der Waals surface area contributed by atoms with Crippen LogP contribution in [0.4, 0.5) is 0 Å². The maximum absolute atomic E-state index is 11.8. The molecule has 0 radical (unpaired) electrons. The van der Waals surface area contributed by atoms with Crippen molar-refractivity contribution < 1.29 is 19.1 Å². The van der Waals surface area contributed by atoms with Gasteiger partial charge in [0.15, 0.2) is 6.29 Å². The van der Waals surface area contributed by atoms with Crippen molar-refractivity contribution in [3.05, 3.63) is 29.1 Å². The second-order valence-corrected chi connectivity index (χ2v) is 4.65. The van der Waals surface area contributed by atoms with Gasteiger partial charge >= 0.3 is 5.97 Å². The zero-order valence-electron chi connectivity index (χ0n) is 10.4. The lowest BCUT2D eigenvalue weighted by atomic mass is 10.1. The number of ether oxygens (including phenoxy) is 1. The van der Waals surface area contributed by atoms with E-state index in [2.05, 4.69) is 4.98 Å². The maximum atomic E-state index is 11.8. The normalized spacial score (nSPS) is 10.8. The minimum Gasteiger partial charge on any atom is -0.456 e. The molecule has 1 heterocycles. The van der Waals surface area contributed by atoms with Crippen molar-refractivity contribution in [2.24, 2.45) is 5.73 Å². The highest BCUT2D eigenvalue weighted by Crippen LogP contribution is 2.13. The number of rotatable bonds is 3. The molecule has 1 aromatic heterocycles. The summed E-state index contributed by atoms with van der Waals surface area (Å²) in [5.41, 5.74) is 4.26. The summed E-state index contributed by atoms with van der Waals surface area (Å²) in [5, 5.41) is 0. The van der Waals surface area contributed by atoms with E-state index in [4.69, 9.17) is 10.5 Å². The molecule has 0 aliphatic carbocycles. The number of hydrogen-bond acceptors (Lipinski definition) is 5. The van der Waals surface area contributed by atoms with Gasteiger partial charge in [0.05, 0.1) is 5.56 Å². The molecule has 96 valence electrons. The molecule has 2 N–H and O–H groups in total. The largest absolute Gasteiger partial charge is 0.456 e. The SMILES string of the molecule is CC(C)(C)OC(=O)c1cc(C=O)nc(C(N)=O)c1. The van der Waals surface area contributed by atoms with Crippen molar-refractivity contribution in [3.63, 3.8) is 0 Å². The minimum absolute atomic E-state index is 0.0489. The van der Waals surface area contributed by atoms with Crippen LogP contribution in [0.2, 0.25) is 0 Å². The Labute approximate surface area is 104 Å². The van der Waals surface area contributed by atoms with Crippen LogP contribution in [-0.4, -0.2) is 28.7 Å². The van der Waals surface area contributed by atoms with Crippen LogP contribution in [0.5, 0.6) is 0 Å². The summed E-state index contributed by atoms with van der Waals surface area (Å²) < 4.78 is 5.12. The number of carbonyl (C=O) groups is 3. The van der Waals surface area contributed by atoms with Gasteiger partial charge in [0.2, 0.25) is 0 Å². The van der Waals surface area contributed by atoms with Crippen molar-refractivity contribution >= 4 is 18.2 Å². The summed E-state index contributed by atoms with van der Waals surface area (Å²) in [6.07, 6.45) is 0.431. The molecule has 6 heteroatoms. The summed E-state index contributed by atoms with van der Waals surface area (Å²) in [5.74, 6) is -1.46. The Kier molecular flexibility index (Phi) is 3.80. The smallest absolute Gasteiger partial charge is 0.338 e. The van der Waals surface area contributed by atoms with Crippen LogP contribution < -0.4 is 5.73 Å². The van der Waals surface area contributed by atoms with E-state index in [0.29, 0.717) is 6.29 Å². The lowest BCUT2D eigenvalue weighted by Crippen LogP contribution is -2.24. The third kappa shape index (κ3) is 3.65. The van der Waals surface area contributed by atoms with Crippen molar-refractivity contribution in [1.82, 2.24) is 4.98 Å². The zero-order chi connectivity index (χ0) is 13.9. The molecule has 0 bridgehead atoms. The fraction of sp³-hybridized carbons (Fsp3) is 0.333. The minimum atomic E-state index is -0.816. The summed E-state index contributed by atoms with van der Waals surface area (Å²) >= 11 is 0. The van der Waals surface area contributed by atoms with Gasteiger partial charge in [-0.25, -0.2) is 9.78 Å². The first-order chi connectivity index (χ1) is 8.23. The quantitative estimate of drug-likeness (QED) is 0.636. The summed E-state index contributed by atoms with van der Waals surface area (Å²) in [6.45, 7) is 5.13. The van der Waals surface area contributed by atoms with Gasteiger partial charge in [-0.15, -0.1) is 0 Å². The van der Waals surface area contributed by atoms with Gasteiger partial charge in [0.25, 0.3) is 5.91 Å². The molecule has 1 amide bonds. The molecule has 0 aromatic carbocycles. The van der Waals surface area contributed by atoms with E-state index in [1.165, 1.54) is 12.1 Å². The fourth-order valence-electron chi connectivity index (χ4n) is 1.19. The molecular weight excluding hydrogens is 236 g/mol. The van der Waals surface area contributed by atoms with Gasteiger partial charge in [-0.1, -0.05) is 0 Å². The maximum Gasteiger partial charge on any atom is 0.338 e. The highest BCUT2D eigenvalue weighted by atomic mass is 16.6. The number of nitrogens with zero attached hydrogens (tertiary/aromatic N) is 1. The van der Waals surface area contributed by atoms with Crippen LogP contribution in [0.3, 0.4) is 0 Å². The molecule has 6 nitrogen and oxygen atoms in total. The lowest BCUT2D eigenvalue weighted by molar-refractivity contribution is 0.00693. The molecule has 0 atom stereocenters. The van der Waals surface area contributed by atoms with Crippen molar-refractivity contribution in [3.8, 4) is 0 Å². The Balaban J connectivity index is 3.16. The molecule has 0 saturated carbocycles. The second kappa shape index (κ2) is 4.95. The van der Waals surface area contributed by atoms with Gasteiger partial charge in [-0.05, 0) is 32.9 Å². The average molecular weight is 250 g/mol. The zero-order valence-corrected chi connectivity index (χ0v) is 10.4. The van der Waals surface area contributed by atoms with E-state index in [-0.39, 0.29) is 17.0 Å². The van der Waals surface area contributed by atoms with E-state index in [0.717, 1.165) is 0 Å². The van der Waals surface area contributed by atoms with Crippen molar-refractivity contribution in [1.29, 1.82) is 0 Å². The van der Waals surface area contributed by atoms with Crippen LogP contribution in [0.25, 0.3) is 0 Å². The van der Waals surface area contributed by atoms with E-state index in [1.54, 1.807) is 20.8 Å². The van der Waals surface area contributed by atoms with Gasteiger partial charge in [-0.3, -0.25) is 9.59 Å². The molecule has 0 unspecified atom stereocenters. The molecule has 0 aliphatic heterocycles. The Hall–Kier alpha value is -2.24. The number of hydrogen-bond donors (Lipinski definition) is 1. The molecular formula is C12H14N2O4. The lowest BCUT2D eigenvalue weighted by Gasteiger charge is -2.19. The Morgan fingerprint density at radius 3 is 2.39 bits per heavy atom. The predicted molar refractivity (Wildman–Crippen MR) is 63.3 cm³/mol. The summed E-state index contributed by atoms with van der Waals surface area (Å²) in [7, 11) is 0. The first-order valence-corrected chi connectivity index (χ1v) is 5.23. The third-order valence-corrected chi connectivity index (χ3v) is 1.85. The Bertz CT molecular complexity index is 503. The van der Waals surface area contributed by atoms with E-state index < -0.39 is 17.5 Å². The number of aldehydes is 1. The molecule has 0 spiro atoms. The molecule has 1 aromatic rings. The topological polar surface area (TPSA) is 99.3 Å². The monoisotopic (exact) mass is 250 g/mol. The van der Waals surface area contributed by atoms with E-state index >= 15 is 0 Å². The predicted octanol–water partition coefficient (Wildman–Crippen LogP) is 0.948. The van der Waals surface area contributed by atoms with Crippen LogP contribution in [0.1, 0.15) is 52.1 Å². The molecule has 1 rings (SSSR count). The summed E-state index contributed by atoms with van der Waals surface area (Å²) in [6, 6.07) is 2.44. The fourth-order valence-corrected chi connectivity index (χ4v) is 1.19.